The highest BCUT2D eigenvalue weighted by Crippen LogP contribution is 2.45. The van der Waals surface area contributed by atoms with Crippen LogP contribution in [0.4, 0.5) is 13.2 Å². The Morgan fingerprint density at radius 2 is 1.67 bits per heavy atom. The van der Waals surface area contributed by atoms with E-state index < -0.39 is 42.2 Å². The normalized spacial score (nSPS) is 20.9. The molecule has 0 heterocycles. The van der Waals surface area contributed by atoms with Gasteiger partial charge in [-0.2, -0.15) is 13.2 Å². The van der Waals surface area contributed by atoms with E-state index in [1.54, 1.807) is 0 Å². The molecular formula is C9H12F3NO5. The van der Waals surface area contributed by atoms with Gasteiger partial charge < -0.3 is 19.9 Å². The van der Waals surface area contributed by atoms with E-state index in [0.29, 0.717) is 0 Å². The maximum absolute atomic E-state index is 12.1. The van der Waals surface area contributed by atoms with Gasteiger partial charge in [0.2, 0.25) is 0 Å². The number of rotatable bonds is 4. The van der Waals surface area contributed by atoms with Crippen LogP contribution in [0.1, 0.15) is 12.8 Å². The number of carbonyl (C=O) groups excluding carboxylic acids is 1. The lowest BCUT2D eigenvalue weighted by atomic mass is 9.71. The van der Waals surface area contributed by atoms with Crippen molar-refractivity contribution in [1.29, 1.82) is 0 Å². The van der Waals surface area contributed by atoms with Crippen LogP contribution < -0.4 is 5.32 Å². The van der Waals surface area contributed by atoms with Crippen molar-refractivity contribution in [2.45, 2.75) is 30.3 Å². The van der Waals surface area contributed by atoms with Gasteiger partial charge in [0, 0.05) is 27.1 Å². The lowest BCUT2D eigenvalue weighted by molar-refractivity contribution is -0.280. The maximum atomic E-state index is 12.1. The van der Waals surface area contributed by atoms with E-state index in [0.717, 1.165) is 0 Å². The molecule has 1 saturated carbocycles. The second-order valence-electron chi connectivity index (χ2n) is 4.01. The number of hydrogen-bond acceptors (Lipinski definition) is 4. The Labute approximate surface area is 100 Å². The third-order valence-corrected chi connectivity index (χ3v) is 2.91. The molecule has 1 aliphatic carbocycles. The lowest BCUT2D eigenvalue weighted by Crippen LogP contribution is -2.71. The number of ether oxygens (including phenoxy) is 2. The minimum Gasteiger partial charge on any atom is -0.479 e. The van der Waals surface area contributed by atoms with Gasteiger partial charge in [0.25, 0.3) is 0 Å². The van der Waals surface area contributed by atoms with Crippen LogP contribution in [0.25, 0.3) is 0 Å². The van der Waals surface area contributed by atoms with Crippen molar-refractivity contribution in [2.75, 3.05) is 14.2 Å². The number of aliphatic carboxylic acids is 1. The van der Waals surface area contributed by atoms with Crippen molar-refractivity contribution in [1.82, 2.24) is 5.32 Å². The van der Waals surface area contributed by atoms with Crippen LogP contribution >= 0.6 is 0 Å². The van der Waals surface area contributed by atoms with Crippen LogP contribution in [0.2, 0.25) is 0 Å². The Bertz CT molecular complexity index is 356. The molecule has 1 rings (SSSR count). The zero-order chi connectivity index (χ0) is 14.2. The fourth-order valence-electron chi connectivity index (χ4n) is 1.82. The van der Waals surface area contributed by atoms with Crippen molar-refractivity contribution in [3.8, 4) is 0 Å². The summed E-state index contributed by atoms with van der Waals surface area (Å²) in [6.45, 7) is 0. The first-order valence-electron chi connectivity index (χ1n) is 4.84. The summed E-state index contributed by atoms with van der Waals surface area (Å²) in [5.74, 6) is -5.15. The standard InChI is InChI=1S/C9H12F3NO5/c1-17-8(18-2)3-7(4-8,6(15)16)13-5(14)9(10,11)12/h3-4H2,1-2H3,(H,13,14)(H,15,16). The van der Waals surface area contributed by atoms with Crippen LogP contribution in [-0.4, -0.2) is 48.7 Å². The second-order valence-corrected chi connectivity index (χ2v) is 4.01. The molecule has 0 aromatic heterocycles. The SMILES string of the molecule is COC1(OC)CC(NC(=O)C(F)(F)F)(C(=O)O)C1. The summed E-state index contributed by atoms with van der Waals surface area (Å²) in [6, 6.07) is 0. The highest BCUT2D eigenvalue weighted by molar-refractivity contribution is 5.90. The number of alkyl halides is 3. The quantitative estimate of drug-likeness (QED) is 0.717. The van der Waals surface area contributed by atoms with E-state index in [9.17, 15) is 22.8 Å². The van der Waals surface area contributed by atoms with Gasteiger partial charge >= 0.3 is 18.1 Å². The number of hydrogen-bond donors (Lipinski definition) is 2. The summed E-state index contributed by atoms with van der Waals surface area (Å²) in [7, 11) is 2.47. The Morgan fingerprint density at radius 1 is 1.22 bits per heavy atom. The van der Waals surface area contributed by atoms with E-state index in [1.165, 1.54) is 19.5 Å². The van der Waals surface area contributed by atoms with E-state index in [2.05, 4.69) is 0 Å². The molecule has 0 saturated heterocycles. The smallest absolute Gasteiger partial charge is 0.471 e. The van der Waals surface area contributed by atoms with E-state index in [-0.39, 0.29) is 0 Å². The Balaban J connectivity index is 2.83. The number of carbonyl (C=O) groups is 2. The third-order valence-electron chi connectivity index (χ3n) is 2.91. The van der Waals surface area contributed by atoms with E-state index in [1.807, 2.05) is 0 Å². The Kier molecular flexibility index (Phi) is 3.59. The summed E-state index contributed by atoms with van der Waals surface area (Å²) >= 11 is 0. The number of methoxy groups -OCH3 is 2. The van der Waals surface area contributed by atoms with Gasteiger partial charge in [-0.1, -0.05) is 0 Å². The molecule has 6 nitrogen and oxygen atoms in total. The fraction of sp³-hybridized carbons (Fsp3) is 0.778. The van der Waals surface area contributed by atoms with Crippen molar-refractivity contribution < 1.29 is 37.3 Å². The molecule has 0 atom stereocenters. The minimum atomic E-state index is -5.14. The highest BCUT2D eigenvalue weighted by Gasteiger charge is 2.63. The predicted octanol–water partition coefficient (Wildman–Crippen LogP) is 0.271. The molecule has 2 N–H and O–H groups in total. The van der Waals surface area contributed by atoms with Gasteiger partial charge in [-0.15, -0.1) is 0 Å². The Hall–Kier alpha value is -1.35. The van der Waals surface area contributed by atoms with Gasteiger partial charge in [0.05, 0.1) is 0 Å². The summed E-state index contributed by atoms with van der Waals surface area (Å²) < 4.78 is 46.0. The summed E-state index contributed by atoms with van der Waals surface area (Å²) in [5, 5.41) is 10.4. The van der Waals surface area contributed by atoms with Gasteiger partial charge in [-0.25, -0.2) is 4.79 Å². The molecule has 9 heteroatoms. The molecule has 1 amide bonds. The molecule has 0 radical (unpaired) electrons. The summed E-state index contributed by atoms with van der Waals surface area (Å²) in [4.78, 5) is 21.8. The van der Waals surface area contributed by atoms with Crippen LogP contribution in [-0.2, 0) is 19.1 Å². The van der Waals surface area contributed by atoms with Crippen LogP contribution in [0.3, 0.4) is 0 Å². The first-order chi connectivity index (χ1) is 8.11. The van der Waals surface area contributed by atoms with Crippen molar-refractivity contribution in [2.24, 2.45) is 0 Å². The monoisotopic (exact) mass is 271 g/mol. The van der Waals surface area contributed by atoms with Crippen molar-refractivity contribution in [3.63, 3.8) is 0 Å². The molecule has 0 spiro atoms. The number of nitrogens with one attached hydrogen (secondary N) is 1. The maximum Gasteiger partial charge on any atom is 0.471 e. The first-order valence-corrected chi connectivity index (χ1v) is 4.84. The van der Waals surface area contributed by atoms with E-state index >= 15 is 0 Å². The van der Waals surface area contributed by atoms with E-state index in [4.69, 9.17) is 14.6 Å². The van der Waals surface area contributed by atoms with Crippen molar-refractivity contribution in [3.05, 3.63) is 0 Å². The Morgan fingerprint density at radius 3 is 1.94 bits per heavy atom. The van der Waals surface area contributed by atoms with Gasteiger partial charge in [0.1, 0.15) is 5.54 Å². The average molecular weight is 271 g/mol. The molecular weight excluding hydrogens is 259 g/mol. The molecule has 0 aliphatic heterocycles. The van der Waals surface area contributed by atoms with Crippen LogP contribution in [0.15, 0.2) is 0 Å². The van der Waals surface area contributed by atoms with Gasteiger partial charge in [0.15, 0.2) is 5.79 Å². The topological polar surface area (TPSA) is 84.9 Å². The number of amides is 1. The highest BCUT2D eigenvalue weighted by atomic mass is 19.4. The average Bonchev–Trinajstić information content (AvgIpc) is 2.20. The van der Waals surface area contributed by atoms with Crippen LogP contribution in [0.5, 0.6) is 0 Å². The van der Waals surface area contributed by atoms with Gasteiger partial charge in [-0.05, 0) is 0 Å². The molecule has 0 aromatic rings. The number of halogens is 3. The third kappa shape index (κ3) is 2.41. The number of carboxylic acid groups (broad SMARTS) is 1. The molecule has 0 bridgehead atoms. The molecule has 104 valence electrons. The molecule has 18 heavy (non-hydrogen) atoms. The summed E-state index contributed by atoms with van der Waals surface area (Å²) in [5.41, 5.74) is -2.02. The zero-order valence-corrected chi connectivity index (χ0v) is 9.63. The molecule has 0 aromatic carbocycles. The predicted molar refractivity (Wildman–Crippen MR) is 50.5 cm³/mol. The lowest BCUT2D eigenvalue weighted by Gasteiger charge is -2.51. The zero-order valence-electron chi connectivity index (χ0n) is 9.63. The first kappa shape index (κ1) is 14.7. The number of carboxylic acids is 1. The minimum absolute atomic E-state index is 0.399. The van der Waals surface area contributed by atoms with Crippen LogP contribution in [0, 0.1) is 0 Å². The summed E-state index contributed by atoms with van der Waals surface area (Å²) in [6.07, 6.45) is -5.94. The van der Waals surface area contributed by atoms with Crippen molar-refractivity contribution >= 4 is 11.9 Å². The molecule has 1 fully saturated rings. The largest absolute Gasteiger partial charge is 0.479 e. The van der Waals surface area contributed by atoms with Gasteiger partial charge in [-0.3, -0.25) is 4.79 Å². The fourth-order valence-corrected chi connectivity index (χ4v) is 1.82. The molecule has 1 aliphatic rings. The second kappa shape index (κ2) is 4.39. The molecule has 0 unspecified atom stereocenters.